The van der Waals surface area contributed by atoms with Crippen molar-refractivity contribution < 1.29 is 0 Å². The van der Waals surface area contributed by atoms with Crippen LogP contribution < -0.4 is 0 Å². The summed E-state index contributed by atoms with van der Waals surface area (Å²) in [4.78, 5) is 0. The summed E-state index contributed by atoms with van der Waals surface area (Å²) in [6.45, 7) is 26.0. The molecule has 0 amide bonds. The fraction of sp³-hybridized carbons (Fsp3) is 0.514. The normalized spacial score (nSPS) is 30.9. The van der Waals surface area contributed by atoms with E-state index < -0.39 is 0 Å². The molecule has 6 rings (SSSR count). The average molecular weight is 491 g/mol. The minimum absolute atomic E-state index is 0.385. The minimum Gasteiger partial charge on any atom is -0.0989 e. The number of rotatable bonds is 5. The van der Waals surface area contributed by atoms with Gasteiger partial charge in [-0.2, -0.15) is 0 Å². The van der Waals surface area contributed by atoms with E-state index in [0.29, 0.717) is 28.6 Å². The lowest BCUT2D eigenvalue weighted by Gasteiger charge is -2.29. The summed E-state index contributed by atoms with van der Waals surface area (Å²) < 4.78 is 0. The molecule has 0 nitrogen and oxygen atoms in total. The van der Waals surface area contributed by atoms with Crippen LogP contribution in [0, 0.1) is 54.3 Å². The highest BCUT2D eigenvalue weighted by atomic mass is 14.7. The fourth-order valence-corrected chi connectivity index (χ4v) is 9.10. The zero-order chi connectivity index (χ0) is 26.4. The van der Waals surface area contributed by atoms with Gasteiger partial charge >= 0.3 is 0 Å². The number of fused-ring (bicyclic) bond motifs is 2. The Balaban J connectivity index is 1.30. The van der Waals surface area contributed by atoms with Gasteiger partial charge in [0.25, 0.3) is 0 Å². The number of aryl methyl sites for hydroxylation is 2. The summed E-state index contributed by atoms with van der Waals surface area (Å²) in [5.41, 5.74) is 15.6. The first kappa shape index (κ1) is 25.0. The van der Waals surface area contributed by atoms with Crippen LogP contribution in [0.3, 0.4) is 0 Å². The Bertz CT molecular complexity index is 1320. The van der Waals surface area contributed by atoms with E-state index in [1.807, 2.05) is 0 Å². The highest BCUT2D eigenvalue weighted by Gasteiger charge is 2.65. The summed E-state index contributed by atoms with van der Waals surface area (Å²) in [5, 5.41) is 0. The Morgan fingerprint density at radius 3 is 2.27 bits per heavy atom. The van der Waals surface area contributed by atoms with Gasteiger partial charge in [-0.25, -0.2) is 0 Å². The van der Waals surface area contributed by atoms with Crippen LogP contribution >= 0.6 is 0 Å². The van der Waals surface area contributed by atoms with Gasteiger partial charge in [0.05, 0.1) is 0 Å². The number of hydrogen-bond donors (Lipinski definition) is 0. The largest absolute Gasteiger partial charge is 0.0989 e. The van der Waals surface area contributed by atoms with Crippen LogP contribution in [0.25, 0.3) is 17.2 Å². The van der Waals surface area contributed by atoms with E-state index in [-0.39, 0.29) is 0 Å². The summed E-state index contributed by atoms with van der Waals surface area (Å²) in [7, 11) is 0. The van der Waals surface area contributed by atoms with Crippen LogP contribution in [0.15, 0.2) is 60.2 Å². The van der Waals surface area contributed by atoms with Gasteiger partial charge in [-0.1, -0.05) is 106 Å². The van der Waals surface area contributed by atoms with Crippen molar-refractivity contribution >= 4 is 6.08 Å². The van der Waals surface area contributed by atoms with E-state index >= 15 is 0 Å². The van der Waals surface area contributed by atoms with E-state index in [1.165, 1.54) is 63.8 Å². The van der Waals surface area contributed by atoms with Gasteiger partial charge in [0.15, 0.2) is 0 Å². The highest BCUT2D eigenvalue weighted by molar-refractivity contribution is 5.80. The smallest absolute Gasteiger partial charge is 0.00454 e. The fourth-order valence-electron chi connectivity index (χ4n) is 9.10. The van der Waals surface area contributed by atoms with Crippen molar-refractivity contribution in [2.45, 2.75) is 80.6 Å². The van der Waals surface area contributed by atoms with Gasteiger partial charge in [0, 0.05) is 5.92 Å². The zero-order valence-corrected chi connectivity index (χ0v) is 24.3. The molecule has 0 heterocycles. The number of benzene rings is 2. The maximum absolute atomic E-state index is 4.57. The molecule has 2 aromatic carbocycles. The first-order chi connectivity index (χ1) is 17.4. The third-order valence-electron chi connectivity index (χ3n) is 11.0. The van der Waals surface area contributed by atoms with Gasteiger partial charge in [0.2, 0.25) is 0 Å². The lowest BCUT2D eigenvalue weighted by Crippen LogP contribution is -2.20. The summed E-state index contributed by atoms with van der Waals surface area (Å²) in [6, 6.07) is 11.9. The Hall–Kier alpha value is -2.34. The molecule has 37 heavy (non-hydrogen) atoms. The van der Waals surface area contributed by atoms with E-state index in [2.05, 4.69) is 98.0 Å². The maximum Gasteiger partial charge on any atom is 0.00454 e. The summed E-state index contributed by atoms with van der Waals surface area (Å²) >= 11 is 0. The molecule has 4 aliphatic rings. The molecule has 194 valence electrons. The van der Waals surface area contributed by atoms with Gasteiger partial charge in [-0.05, 0) is 114 Å². The van der Waals surface area contributed by atoms with Crippen molar-refractivity contribution in [3.63, 3.8) is 0 Å². The lowest BCUT2D eigenvalue weighted by atomic mass is 9.76. The molecule has 3 fully saturated rings. The van der Waals surface area contributed by atoms with Gasteiger partial charge < -0.3 is 0 Å². The highest BCUT2D eigenvalue weighted by Crippen LogP contribution is 2.72. The van der Waals surface area contributed by atoms with E-state index in [9.17, 15) is 0 Å². The average Bonchev–Trinajstić information content (AvgIpc) is 3.06. The monoisotopic (exact) mass is 490 g/mol. The molecule has 0 N–H and O–H groups in total. The number of hydrogen-bond acceptors (Lipinski definition) is 0. The second-order valence-corrected chi connectivity index (χ2v) is 14.6. The molecular weight excluding hydrogens is 444 g/mol. The van der Waals surface area contributed by atoms with E-state index in [1.54, 1.807) is 11.1 Å². The Morgan fingerprint density at radius 1 is 0.919 bits per heavy atom. The van der Waals surface area contributed by atoms with Crippen molar-refractivity contribution in [3.8, 4) is 11.1 Å². The van der Waals surface area contributed by atoms with E-state index in [4.69, 9.17) is 0 Å². The molecule has 0 spiro atoms. The molecule has 0 heteroatoms. The molecule has 0 aliphatic heterocycles. The lowest BCUT2D eigenvalue weighted by molar-refractivity contribution is 0.257. The standard InChI is InChI=1S/C37H46/c1-21-13-23(3)30(19-28-14-22(2)20-36(28,6)7)33(15-21)29-12-10-11-27-16-26(18-32(27)29)17-31-24(4)34-35(25(31)5)37(34,8)9/h10-13,15-16,22,28,31,34-35H,4-5,14,17-20H2,1-3,6-9H3. The van der Waals surface area contributed by atoms with Gasteiger partial charge in [-0.15, -0.1) is 0 Å². The second kappa shape index (κ2) is 8.33. The van der Waals surface area contributed by atoms with Gasteiger partial charge in [0.1, 0.15) is 0 Å². The van der Waals surface area contributed by atoms with Crippen molar-refractivity contribution in [2.24, 2.45) is 40.4 Å². The Labute approximate surface area is 226 Å². The summed E-state index contributed by atoms with van der Waals surface area (Å²) in [6.07, 6.45) is 8.55. The Kier molecular flexibility index (Phi) is 5.62. The van der Waals surface area contributed by atoms with Crippen molar-refractivity contribution in [1.82, 2.24) is 0 Å². The summed E-state index contributed by atoms with van der Waals surface area (Å²) in [5.74, 6) is 3.37. The van der Waals surface area contributed by atoms with Crippen molar-refractivity contribution in [1.29, 1.82) is 0 Å². The Morgan fingerprint density at radius 2 is 1.62 bits per heavy atom. The quantitative estimate of drug-likeness (QED) is 0.366. The molecule has 4 atom stereocenters. The van der Waals surface area contributed by atoms with Crippen LogP contribution in [0.2, 0.25) is 0 Å². The first-order valence-corrected chi connectivity index (χ1v) is 14.7. The minimum atomic E-state index is 0.385. The van der Waals surface area contributed by atoms with Crippen LogP contribution in [-0.2, 0) is 12.8 Å². The third kappa shape index (κ3) is 3.93. The van der Waals surface area contributed by atoms with Crippen molar-refractivity contribution in [2.75, 3.05) is 0 Å². The molecule has 0 aromatic heterocycles. The molecule has 4 unspecified atom stereocenters. The van der Waals surface area contributed by atoms with Crippen LogP contribution in [0.5, 0.6) is 0 Å². The maximum atomic E-state index is 4.57. The predicted molar refractivity (Wildman–Crippen MR) is 160 cm³/mol. The zero-order valence-electron chi connectivity index (χ0n) is 24.3. The topological polar surface area (TPSA) is 0 Å². The number of allylic oxidation sites excluding steroid dienone is 3. The van der Waals surface area contributed by atoms with E-state index in [0.717, 1.165) is 24.7 Å². The molecule has 3 saturated carbocycles. The third-order valence-corrected chi connectivity index (χ3v) is 11.0. The van der Waals surface area contributed by atoms with Crippen molar-refractivity contribution in [3.05, 3.63) is 88.0 Å². The first-order valence-electron chi connectivity index (χ1n) is 14.7. The SMILES string of the molecule is C=C1C(CC2=Cc3cccc(-c4cc(C)cc(C)c4CC4CC(C)CC4(C)C)c3C2)C(=C)C2C1C2(C)C. The second-order valence-electron chi connectivity index (χ2n) is 14.6. The molecule has 0 bridgehead atoms. The molecule has 4 aliphatic carbocycles. The van der Waals surface area contributed by atoms with Crippen LogP contribution in [-0.4, -0.2) is 0 Å². The van der Waals surface area contributed by atoms with Crippen LogP contribution in [0.4, 0.5) is 0 Å². The van der Waals surface area contributed by atoms with Gasteiger partial charge in [-0.3, -0.25) is 0 Å². The molecule has 2 aromatic rings. The predicted octanol–water partition coefficient (Wildman–Crippen LogP) is 9.93. The van der Waals surface area contributed by atoms with Crippen LogP contribution in [0.1, 0.15) is 81.7 Å². The molecular formula is C37H46. The molecule has 0 saturated heterocycles. The molecule has 0 radical (unpaired) electrons.